The highest BCUT2D eigenvalue weighted by molar-refractivity contribution is 5.96. The van der Waals surface area contributed by atoms with E-state index in [0.29, 0.717) is 22.7 Å². The van der Waals surface area contributed by atoms with Gasteiger partial charge in [-0.2, -0.15) is 0 Å². The van der Waals surface area contributed by atoms with Crippen LogP contribution in [0.15, 0.2) is 42.5 Å². The smallest absolute Gasteiger partial charge is 0.275 e. The molecule has 1 aromatic heterocycles. The molecule has 11 nitrogen and oxygen atoms in total. The van der Waals surface area contributed by atoms with Gasteiger partial charge in [-0.3, -0.25) is 14.8 Å². The van der Waals surface area contributed by atoms with E-state index in [1.807, 2.05) is 0 Å². The standard InChI is InChI=1S/C18H16N6O5/c19-16-15(18(26)20-8-10-1-3-11(4-2-10)17(25)23-27)21-24(22-16)12-5-6-13-14(7-12)29-9-28-13/h1-7,27H,8-9H2,(H2,19,22)(H,20,26)(H,23,25). The lowest BCUT2D eigenvalue weighted by atomic mass is 10.1. The van der Waals surface area contributed by atoms with Crippen molar-refractivity contribution in [1.82, 2.24) is 25.8 Å². The molecule has 5 N–H and O–H groups in total. The summed E-state index contributed by atoms with van der Waals surface area (Å²) in [6.07, 6.45) is 0. The Morgan fingerprint density at radius 3 is 2.59 bits per heavy atom. The van der Waals surface area contributed by atoms with E-state index in [2.05, 4.69) is 15.5 Å². The number of nitrogens with zero attached hydrogens (tertiary/aromatic N) is 3. The largest absolute Gasteiger partial charge is 0.454 e. The molecule has 2 aromatic carbocycles. The Bertz CT molecular complexity index is 1080. The highest BCUT2D eigenvalue weighted by atomic mass is 16.7. The quantitative estimate of drug-likeness (QED) is 0.362. The van der Waals surface area contributed by atoms with Gasteiger partial charge in [0.2, 0.25) is 6.79 Å². The van der Waals surface area contributed by atoms with E-state index in [-0.39, 0.29) is 24.8 Å². The van der Waals surface area contributed by atoms with Crippen molar-refractivity contribution in [2.45, 2.75) is 6.54 Å². The van der Waals surface area contributed by atoms with E-state index in [1.165, 1.54) is 16.9 Å². The molecule has 11 heteroatoms. The molecule has 0 bridgehead atoms. The van der Waals surface area contributed by atoms with Gasteiger partial charge in [0, 0.05) is 18.2 Å². The van der Waals surface area contributed by atoms with Crippen LogP contribution in [0.25, 0.3) is 5.69 Å². The highest BCUT2D eigenvalue weighted by Crippen LogP contribution is 2.33. The van der Waals surface area contributed by atoms with Crippen molar-refractivity contribution < 1.29 is 24.3 Å². The number of rotatable bonds is 5. The monoisotopic (exact) mass is 396 g/mol. The van der Waals surface area contributed by atoms with E-state index in [1.54, 1.807) is 35.8 Å². The predicted octanol–water partition coefficient (Wildman–Crippen LogP) is 0.627. The third kappa shape index (κ3) is 3.66. The van der Waals surface area contributed by atoms with Crippen LogP contribution in [-0.4, -0.2) is 38.8 Å². The third-order valence-electron chi connectivity index (χ3n) is 4.21. The lowest BCUT2D eigenvalue weighted by molar-refractivity contribution is 0.0706. The normalized spacial score (nSPS) is 11.9. The number of anilines is 1. The van der Waals surface area contributed by atoms with Crippen molar-refractivity contribution in [3.05, 3.63) is 59.3 Å². The van der Waals surface area contributed by atoms with Crippen LogP contribution in [0.2, 0.25) is 0 Å². The van der Waals surface area contributed by atoms with Gasteiger partial charge >= 0.3 is 0 Å². The van der Waals surface area contributed by atoms with Crippen molar-refractivity contribution in [2.75, 3.05) is 12.5 Å². The van der Waals surface area contributed by atoms with Crippen molar-refractivity contribution in [2.24, 2.45) is 0 Å². The molecular formula is C18H16N6O5. The van der Waals surface area contributed by atoms with Crippen LogP contribution in [0, 0.1) is 0 Å². The molecule has 3 aromatic rings. The number of benzene rings is 2. The summed E-state index contributed by atoms with van der Waals surface area (Å²) in [4.78, 5) is 25.0. The average molecular weight is 396 g/mol. The molecule has 0 radical (unpaired) electrons. The number of nitrogen functional groups attached to an aromatic ring is 1. The molecule has 0 aliphatic carbocycles. The first-order valence-electron chi connectivity index (χ1n) is 8.49. The Hall–Kier alpha value is -4.12. The van der Waals surface area contributed by atoms with Gasteiger partial charge in [-0.25, -0.2) is 5.48 Å². The van der Waals surface area contributed by atoms with E-state index in [9.17, 15) is 9.59 Å². The first-order chi connectivity index (χ1) is 14.0. The van der Waals surface area contributed by atoms with Crippen LogP contribution in [0.1, 0.15) is 26.4 Å². The zero-order valence-corrected chi connectivity index (χ0v) is 15.0. The Morgan fingerprint density at radius 1 is 1.07 bits per heavy atom. The Labute approximate surface area is 164 Å². The lowest BCUT2D eigenvalue weighted by Crippen LogP contribution is -2.24. The maximum absolute atomic E-state index is 12.4. The minimum Gasteiger partial charge on any atom is -0.454 e. The number of hydroxylamine groups is 1. The molecule has 0 saturated carbocycles. The minimum absolute atomic E-state index is 0.0149. The number of hydrogen-bond donors (Lipinski definition) is 4. The highest BCUT2D eigenvalue weighted by Gasteiger charge is 2.19. The lowest BCUT2D eigenvalue weighted by Gasteiger charge is -2.05. The second-order valence-electron chi connectivity index (χ2n) is 6.08. The minimum atomic E-state index is -0.617. The first kappa shape index (κ1) is 18.3. The molecule has 0 atom stereocenters. The zero-order valence-electron chi connectivity index (χ0n) is 15.0. The summed E-state index contributed by atoms with van der Waals surface area (Å²) in [7, 11) is 0. The van der Waals surface area contributed by atoms with E-state index in [0.717, 1.165) is 5.56 Å². The fourth-order valence-corrected chi connectivity index (χ4v) is 2.71. The van der Waals surface area contributed by atoms with Crippen LogP contribution >= 0.6 is 0 Å². The fourth-order valence-electron chi connectivity index (χ4n) is 2.71. The van der Waals surface area contributed by atoms with Gasteiger partial charge in [-0.05, 0) is 29.8 Å². The van der Waals surface area contributed by atoms with Gasteiger partial charge in [0.15, 0.2) is 23.0 Å². The number of nitrogens with one attached hydrogen (secondary N) is 2. The van der Waals surface area contributed by atoms with Crippen molar-refractivity contribution >= 4 is 17.6 Å². The van der Waals surface area contributed by atoms with Gasteiger partial charge < -0.3 is 20.5 Å². The Balaban J connectivity index is 1.45. The van der Waals surface area contributed by atoms with Crippen LogP contribution in [0.3, 0.4) is 0 Å². The molecule has 0 fully saturated rings. The molecule has 148 valence electrons. The maximum Gasteiger partial charge on any atom is 0.275 e. The first-order valence-corrected chi connectivity index (χ1v) is 8.49. The molecule has 1 aliphatic heterocycles. The summed E-state index contributed by atoms with van der Waals surface area (Å²) in [5, 5.41) is 19.6. The molecule has 4 rings (SSSR count). The number of amides is 2. The zero-order chi connectivity index (χ0) is 20.4. The summed E-state index contributed by atoms with van der Waals surface area (Å²) >= 11 is 0. The predicted molar refractivity (Wildman–Crippen MR) is 98.8 cm³/mol. The number of nitrogens with two attached hydrogens (primary N) is 1. The average Bonchev–Trinajstić information content (AvgIpc) is 3.37. The van der Waals surface area contributed by atoms with Crippen LogP contribution < -0.4 is 26.0 Å². The van der Waals surface area contributed by atoms with E-state index >= 15 is 0 Å². The van der Waals surface area contributed by atoms with Crippen LogP contribution in [0.5, 0.6) is 11.5 Å². The fraction of sp³-hybridized carbons (Fsp3) is 0.111. The topological polar surface area (TPSA) is 154 Å². The molecule has 0 saturated heterocycles. The second kappa shape index (κ2) is 7.48. The van der Waals surface area contributed by atoms with Gasteiger partial charge in [-0.15, -0.1) is 15.0 Å². The number of hydrogen-bond acceptors (Lipinski definition) is 8. The van der Waals surface area contributed by atoms with Gasteiger partial charge in [0.25, 0.3) is 11.8 Å². The third-order valence-corrected chi connectivity index (χ3v) is 4.21. The summed E-state index contributed by atoms with van der Waals surface area (Å²) in [6.45, 7) is 0.336. The second-order valence-corrected chi connectivity index (χ2v) is 6.08. The number of ether oxygens (including phenoxy) is 2. The summed E-state index contributed by atoms with van der Waals surface area (Å²) in [5.74, 6) is 0.0484. The van der Waals surface area contributed by atoms with Gasteiger partial charge in [0.1, 0.15) is 0 Å². The van der Waals surface area contributed by atoms with Crippen LogP contribution in [0.4, 0.5) is 5.82 Å². The number of fused-ring (bicyclic) bond motifs is 1. The number of carbonyl (C=O) groups is 2. The molecule has 2 heterocycles. The summed E-state index contributed by atoms with van der Waals surface area (Å²) in [5.41, 5.74) is 8.99. The molecular weight excluding hydrogens is 380 g/mol. The molecule has 29 heavy (non-hydrogen) atoms. The van der Waals surface area contributed by atoms with Crippen molar-refractivity contribution in [3.8, 4) is 17.2 Å². The maximum atomic E-state index is 12.4. The molecule has 2 amide bonds. The Morgan fingerprint density at radius 2 is 1.83 bits per heavy atom. The van der Waals surface area contributed by atoms with Gasteiger partial charge in [-0.1, -0.05) is 12.1 Å². The summed E-state index contributed by atoms with van der Waals surface area (Å²) in [6, 6.07) is 11.5. The Kier molecular flexibility index (Phi) is 4.71. The SMILES string of the molecule is Nc1nn(-c2ccc3c(c2)OCO3)nc1C(=O)NCc1ccc(C(=O)NO)cc1. The van der Waals surface area contributed by atoms with E-state index < -0.39 is 11.8 Å². The van der Waals surface area contributed by atoms with Crippen molar-refractivity contribution in [1.29, 1.82) is 0 Å². The number of carbonyl (C=O) groups excluding carboxylic acids is 2. The van der Waals surface area contributed by atoms with E-state index in [4.69, 9.17) is 20.4 Å². The molecule has 0 spiro atoms. The van der Waals surface area contributed by atoms with Crippen LogP contribution in [-0.2, 0) is 6.54 Å². The van der Waals surface area contributed by atoms with Crippen molar-refractivity contribution in [3.63, 3.8) is 0 Å². The molecule has 0 unspecified atom stereocenters. The number of aromatic nitrogens is 3. The summed E-state index contributed by atoms with van der Waals surface area (Å²) < 4.78 is 10.6. The molecule has 1 aliphatic rings. The van der Waals surface area contributed by atoms with Gasteiger partial charge in [0.05, 0.1) is 5.69 Å².